The standard InChI is InChI=1S/C12H20N2O/c1-3-14(8-11(13)9-15)12-6-4-5-10(2)7-12/h4-7,11,15H,3,8-9,13H2,1-2H3. The maximum absolute atomic E-state index is 8.93. The normalized spacial score (nSPS) is 12.5. The fourth-order valence-corrected chi connectivity index (χ4v) is 1.58. The minimum absolute atomic E-state index is 0.0301. The fraction of sp³-hybridized carbons (Fsp3) is 0.500. The van der Waals surface area contributed by atoms with Crippen LogP contribution in [0.2, 0.25) is 0 Å². The van der Waals surface area contributed by atoms with E-state index in [1.165, 1.54) is 11.3 Å². The Morgan fingerprint density at radius 3 is 2.73 bits per heavy atom. The first-order valence-electron chi connectivity index (χ1n) is 5.35. The number of rotatable bonds is 5. The molecule has 0 aliphatic heterocycles. The highest BCUT2D eigenvalue weighted by Gasteiger charge is 2.08. The van der Waals surface area contributed by atoms with Crippen molar-refractivity contribution >= 4 is 5.69 Å². The number of aliphatic hydroxyl groups excluding tert-OH is 1. The third kappa shape index (κ3) is 3.53. The number of aryl methyl sites for hydroxylation is 1. The maximum Gasteiger partial charge on any atom is 0.0599 e. The maximum atomic E-state index is 8.93. The Bertz CT molecular complexity index is 301. The van der Waals surface area contributed by atoms with Crippen molar-refractivity contribution in [2.24, 2.45) is 5.73 Å². The fourth-order valence-electron chi connectivity index (χ4n) is 1.58. The van der Waals surface area contributed by atoms with Crippen molar-refractivity contribution in [3.8, 4) is 0 Å². The Kier molecular flexibility index (Phi) is 4.59. The summed E-state index contributed by atoms with van der Waals surface area (Å²) in [5.41, 5.74) is 8.14. The molecular formula is C12H20N2O. The van der Waals surface area contributed by atoms with Crippen molar-refractivity contribution in [3.63, 3.8) is 0 Å². The quantitative estimate of drug-likeness (QED) is 0.763. The van der Waals surface area contributed by atoms with Crippen molar-refractivity contribution in [2.75, 3.05) is 24.6 Å². The van der Waals surface area contributed by atoms with Crippen LogP contribution < -0.4 is 10.6 Å². The third-order valence-corrected chi connectivity index (χ3v) is 2.44. The van der Waals surface area contributed by atoms with Crippen molar-refractivity contribution in [3.05, 3.63) is 29.8 Å². The topological polar surface area (TPSA) is 49.5 Å². The summed E-state index contributed by atoms with van der Waals surface area (Å²) < 4.78 is 0. The monoisotopic (exact) mass is 208 g/mol. The van der Waals surface area contributed by atoms with Crippen LogP contribution in [-0.4, -0.2) is 30.8 Å². The van der Waals surface area contributed by atoms with Gasteiger partial charge in [-0.25, -0.2) is 0 Å². The lowest BCUT2D eigenvalue weighted by Gasteiger charge is -2.26. The van der Waals surface area contributed by atoms with Gasteiger partial charge in [0.05, 0.1) is 6.61 Å². The first-order chi connectivity index (χ1) is 7.17. The Labute approximate surface area is 91.5 Å². The molecule has 84 valence electrons. The van der Waals surface area contributed by atoms with Crippen LogP contribution in [-0.2, 0) is 0 Å². The molecule has 0 amide bonds. The zero-order valence-electron chi connectivity index (χ0n) is 9.48. The average Bonchev–Trinajstić information content (AvgIpc) is 2.25. The molecule has 0 radical (unpaired) electrons. The molecule has 1 atom stereocenters. The predicted octanol–water partition coefficient (Wildman–Crippen LogP) is 1.14. The van der Waals surface area contributed by atoms with Gasteiger partial charge in [-0.3, -0.25) is 0 Å². The predicted molar refractivity (Wildman–Crippen MR) is 64.1 cm³/mol. The van der Waals surface area contributed by atoms with Crippen LogP contribution in [0.3, 0.4) is 0 Å². The molecule has 15 heavy (non-hydrogen) atoms. The van der Waals surface area contributed by atoms with E-state index in [9.17, 15) is 0 Å². The molecule has 0 heterocycles. The summed E-state index contributed by atoms with van der Waals surface area (Å²) in [6, 6.07) is 8.14. The molecule has 0 bridgehead atoms. The lowest BCUT2D eigenvalue weighted by atomic mass is 10.2. The lowest BCUT2D eigenvalue weighted by molar-refractivity contribution is 0.267. The van der Waals surface area contributed by atoms with E-state index in [2.05, 4.69) is 36.9 Å². The van der Waals surface area contributed by atoms with Crippen molar-refractivity contribution in [2.45, 2.75) is 19.9 Å². The van der Waals surface area contributed by atoms with Gasteiger partial charge < -0.3 is 15.7 Å². The number of hydrogen-bond donors (Lipinski definition) is 2. The summed E-state index contributed by atoms with van der Waals surface area (Å²) in [5.74, 6) is 0. The zero-order chi connectivity index (χ0) is 11.3. The van der Waals surface area contributed by atoms with Crippen molar-refractivity contribution < 1.29 is 5.11 Å². The smallest absolute Gasteiger partial charge is 0.0599 e. The number of benzene rings is 1. The van der Waals surface area contributed by atoms with Crippen molar-refractivity contribution in [1.82, 2.24) is 0 Å². The first-order valence-corrected chi connectivity index (χ1v) is 5.35. The molecule has 0 saturated carbocycles. The van der Waals surface area contributed by atoms with E-state index < -0.39 is 0 Å². The molecule has 3 N–H and O–H groups in total. The van der Waals surface area contributed by atoms with E-state index in [1.807, 2.05) is 6.07 Å². The van der Waals surface area contributed by atoms with Crippen LogP contribution in [0.25, 0.3) is 0 Å². The summed E-state index contributed by atoms with van der Waals surface area (Å²) in [4.78, 5) is 2.17. The van der Waals surface area contributed by atoms with Gasteiger partial charge in [-0.2, -0.15) is 0 Å². The summed E-state index contributed by atoms with van der Waals surface area (Å²) >= 11 is 0. The van der Waals surface area contributed by atoms with Crippen LogP contribution in [0.4, 0.5) is 5.69 Å². The number of nitrogens with zero attached hydrogens (tertiary/aromatic N) is 1. The van der Waals surface area contributed by atoms with E-state index in [4.69, 9.17) is 10.8 Å². The molecule has 1 aromatic rings. The minimum Gasteiger partial charge on any atom is -0.395 e. The van der Waals surface area contributed by atoms with E-state index >= 15 is 0 Å². The molecule has 0 aliphatic rings. The zero-order valence-corrected chi connectivity index (χ0v) is 9.48. The molecule has 3 nitrogen and oxygen atoms in total. The van der Waals surface area contributed by atoms with E-state index in [0.717, 1.165) is 6.54 Å². The number of hydrogen-bond acceptors (Lipinski definition) is 3. The summed E-state index contributed by atoms with van der Waals surface area (Å²) in [6.45, 7) is 5.78. The number of nitrogens with two attached hydrogens (primary N) is 1. The van der Waals surface area contributed by atoms with Gasteiger partial charge in [-0.1, -0.05) is 12.1 Å². The van der Waals surface area contributed by atoms with E-state index in [1.54, 1.807) is 0 Å². The molecule has 1 rings (SSSR count). The number of aliphatic hydroxyl groups is 1. The van der Waals surface area contributed by atoms with Gasteiger partial charge in [0.2, 0.25) is 0 Å². The van der Waals surface area contributed by atoms with Crippen LogP contribution >= 0.6 is 0 Å². The molecule has 0 saturated heterocycles. The second-order valence-electron chi connectivity index (χ2n) is 3.82. The molecular weight excluding hydrogens is 188 g/mol. The molecule has 0 spiro atoms. The van der Waals surface area contributed by atoms with Crippen LogP contribution in [0.15, 0.2) is 24.3 Å². The Hall–Kier alpha value is -1.06. The molecule has 1 aromatic carbocycles. The first kappa shape index (κ1) is 12.0. The Balaban J connectivity index is 2.73. The molecule has 0 aromatic heterocycles. The van der Waals surface area contributed by atoms with Gasteiger partial charge >= 0.3 is 0 Å². The van der Waals surface area contributed by atoms with Gasteiger partial charge in [0.15, 0.2) is 0 Å². The number of likely N-dealkylation sites (N-methyl/N-ethyl adjacent to an activating group) is 1. The van der Waals surface area contributed by atoms with Crippen LogP contribution in [0.5, 0.6) is 0 Å². The second kappa shape index (κ2) is 5.73. The molecule has 0 aliphatic carbocycles. The Morgan fingerprint density at radius 2 is 2.20 bits per heavy atom. The Morgan fingerprint density at radius 1 is 1.47 bits per heavy atom. The summed E-state index contributed by atoms with van der Waals surface area (Å²) in [5, 5.41) is 8.93. The lowest BCUT2D eigenvalue weighted by Crippen LogP contribution is -2.39. The van der Waals surface area contributed by atoms with Crippen LogP contribution in [0.1, 0.15) is 12.5 Å². The number of anilines is 1. The minimum atomic E-state index is -0.175. The van der Waals surface area contributed by atoms with Crippen LogP contribution in [0, 0.1) is 6.92 Å². The molecule has 1 unspecified atom stereocenters. The van der Waals surface area contributed by atoms with Gasteiger partial charge in [0.25, 0.3) is 0 Å². The van der Waals surface area contributed by atoms with Gasteiger partial charge in [-0.05, 0) is 31.5 Å². The highest BCUT2D eigenvalue weighted by molar-refractivity contribution is 5.48. The largest absolute Gasteiger partial charge is 0.395 e. The molecule has 3 heteroatoms. The summed E-state index contributed by atoms with van der Waals surface area (Å²) in [7, 11) is 0. The summed E-state index contributed by atoms with van der Waals surface area (Å²) in [6.07, 6.45) is 0. The highest BCUT2D eigenvalue weighted by atomic mass is 16.3. The SMILES string of the molecule is CCN(CC(N)CO)c1cccc(C)c1. The van der Waals surface area contributed by atoms with Crippen molar-refractivity contribution in [1.29, 1.82) is 0 Å². The third-order valence-electron chi connectivity index (χ3n) is 2.44. The molecule has 0 fully saturated rings. The van der Waals surface area contributed by atoms with E-state index in [-0.39, 0.29) is 12.6 Å². The average molecular weight is 208 g/mol. The van der Waals surface area contributed by atoms with Gasteiger partial charge in [-0.15, -0.1) is 0 Å². The second-order valence-corrected chi connectivity index (χ2v) is 3.82. The van der Waals surface area contributed by atoms with Gasteiger partial charge in [0.1, 0.15) is 0 Å². The van der Waals surface area contributed by atoms with E-state index in [0.29, 0.717) is 6.54 Å². The highest BCUT2D eigenvalue weighted by Crippen LogP contribution is 2.15. The van der Waals surface area contributed by atoms with Gasteiger partial charge in [0, 0.05) is 24.8 Å².